The molecule has 5 aromatic rings. The molecule has 0 fully saturated rings. The van der Waals surface area contributed by atoms with Crippen LogP contribution >= 0.6 is 11.6 Å². The van der Waals surface area contributed by atoms with Crippen molar-refractivity contribution in [3.63, 3.8) is 0 Å². The average Bonchev–Trinajstić information content (AvgIpc) is 3.18. The molecular weight excluding hydrogens is 390 g/mol. The zero-order valence-electron chi connectivity index (χ0n) is 15.3. The smallest absolute Gasteiger partial charge is 0.338 e. The van der Waals surface area contributed by atoms with Gasteiger partial charge in [0.1, 0.15) is 11.1 Å². The lowest BCUT2D eigenvalue weighted by Gasteiger charge is -2.10. The second-order valence-corrected chi connectivity index (χ2v) is 7.08. The van der Waals surface area contributed by atoms with Gasteiger partial charge in [-0.15, -0.1) is 0 Å². The van der Waals surface area contributed by atoms with Crippen molar-refractivity contribution >= 4 is 33.5 Å². The number of benzene rings is 2. The third-order valence-electron chi connectivity index (χ3n) is 4.96. The van der Waals surface area contributed by atoms with Gasteiger partial charge >= 0.3 is 5.69 Å². The van der Waals surface area contributed by atoms with E-state index >= 15 is 0 Å². The van der Waals surface area contributed by atoms with Crippen LogP contribution in [0.4, 0.5) is 0 Å². The summed E-state index contributed by atoms with van der Waals surface area (Å²) < 4.78 is 8.30. The summed E-state index contributed by atoms with van der Waals surface area (Å²) in [4.78, 5) is 30.6. The monoisotopic (exact) mass is 403 g/mol. The molecular formula is C22H14ClN3O3. The van der Waals surface area contributed by atoms with Crippen molar-refractivity contribution in [2.75, 3.05) is 0 Å². The first-order chi connectivity index (χ1) is 14.1. The van der Waals surface area contributed by atoms with E-state index in [2.05, 4.69) is 4.98 Å². The molecule has 5 rings (SSSR count). The van der Waals surface area contributed by atoms with Crippen LogP contribution in [0.3, 0.4) is 0 Å². The lowest BCUT2D eigenvalue weighted by Crippen LogP contribution is -2.37. The molecule has 3 heterocycles. The Hall–Kier alpha value is -3.64. The van der Waals surface area contributed by atoms with Crippen LogP contribution in [-0.2, 0) is 7.05 Å². The number of hydrogen-bond acceptors (Lipinski definition) is 4. The van der Waals surface area contributed by atoms with Gasteiger partial charge in [0.25, 0.3) is 5.56 Å². The normalized spacial score (nSPS) is 11.4. The summed E-state index contributed by atoms with van der Waals surface area (Å²) in [5, 5.41) is 2.38. The maximum Gasteiger partial charge on any atom is 0.338 e. The average molecular weight is 404 g/mol. The number of aryl methyl sites for hydroxylation is 1. The topological polar surface area (TPSA) is 70.0 Å². The Labute approximate surface area is 169 Å². The van der Waals surface area contributed by atoms with Crippen LogP contribution in [0.25, 0.3) is 38.9 Å². The van der Waals surface area contributed by atoms with E-state index in [0.717, 1.165) is 15.3 Å². The first-order valence-corrected chi connectivity index (χ1v) is 9.27. The molecule has 7 heteroatoms. The van der Waals surface area contributed by atoms with Crippen molar-refractivity contribution in [2.45, 2.75) is 0 Å². The Kier molecular flexibility index (Phi) is 3.89. The van der Waals surface area contributed by atoms with E-state index in [4.69, 9.17) is 16.0 Å². The molecule has 0 aliphatic rings. The Morgan fingerprint density at radius 1 is 0.966 bits per heavy atom. The van der Waals surface area contributed by atoms with Gasteiger partial charge in [-0.25, -0.2) is 9.36 Å². The molecule has 0 N–H and O–H groups in total. The SMILES string of the molecule is Cn1c(=O)n(-c2cncc3ccccc23)c(=O)c2cc(-c3ccccc3Cl)oc21. The summed E-state index contributed by atoms with van der Waals surface area (Å²) in [6.07, 6.45) is 3.21. The highest BCUT2D eigenvalue weighted by Gasteiger charge is 2.19. The van der Waals surface area contributed by atoms with Gasteiger partial charge in [-0.05, 0) is 18.2 Å². The summed E-state index contributed by atoms with van der Waals surface area (Å²) in [6.45, 7) is 0. The summed E-state index contributed by atoms with van der Waals surface area (Å²) in [7, 11) is 1.57. The van der Waals surface area contributed by atoms with Gasteiger partial charge in [-0.2, -0.15) is 0 Å². The molecule has 0 amide bonds. The minimum Gasteiger partial charge on any atom is -0.439 e. The summed E-state index contributed by atoms with van der Waals surface area (Å²) in [6, 6.07) is 16.3. The Morgan fingerprint density at radius 3 is 2.55 bits per heavy atom. The quantitative estimate of drug-likeness (QED) is 0.444. The number of fused-ring (bicyclic) bond motifs is 2. The highest BCUT2D eigenvalue weighted by molar-refractivity contribution is 6.33. The third-order valence-corrected chi connectivity index (χ3v) is 5.29. The van der Waals surface area contributed by atoms with Gasteiger partial charge in [-0.3, -0.25) is 14.3 Å². The van der Waals surface area contributed by atoms with Gasteiger partial charge in [0.2, 0.25) is 5.71 Å². The zero-order valence-corrected chi connectivity index (χ0v) is 16.1. The first-order valence-electron chi connectivity index (χ1n) is 8.90. The second-order valence-electron chi connectivity index (χ2n) is 6.67. The number of halogens is 1. The highest BCUT2D eigenvalue weighted by Crippen LogP contribution is 2.31. The summed E-state index contributed by atoms with van der Waals surface area (Å²) in [5.41, 5.74) is 0.287. The molecule has 0 saturated carbocycles. The minimum absolute atomic E-state index is 0.194. The predicted molar refractivity (Wildman–Crippen MR) is 113 cm³/mol. The van der Waals surface area contributed by atoms with Crippen molar-refractivity contribution in [3.8, 4) is 17.0 Å². The van der Waals surface area contributed by atoms with Gasteiger partial charge in [0, 0.05) is 29.6 Å². The van der Waals surface area contributed by atoms with Crippen LogP contribution < -0.4 is 11.2 Å². The fourth-order valence-electron chi connectivity index (χ4n) is 3.51. The number of nitrogens with zero attached hydrogens (tertiary/aromatic N) is 3. The number of furan rings is 1. The van der Waals surface area contributed by atoms with Crippen LogP contribution in [0.1, 0.15) is 0 Å². The van der Waals surface area contributed by atoms with Gasteiger partial charge in [-0.1, -0.05) is 48.0 Å². The maximum absolute atomic E-state index is 13.3. The van der Waals surface area contributed by atoms with E-state index in [0.29, 0.717) is 22.0 Å². The molecule has 0 saturated heterocycles. The van der Waals surface area contributed by atoms with E-state index in [1.54, 1.807) is 31.4 Å². The fraction of sp³-hybridized carbons (Fsp3) is 0.0455. The molecule has 0 unspecified atom stereocenters. The summed E-state index contributed by atoms with van der Waals surface area (Å²) in [5.74, 6) is 0.423. The van der Waals surface area contributed by atoms with Crippen molar-refractivity contribution in [1.29, 1.82) is 0 Å². The van der Waals surface area contributed by atoms with Crippen molar-refractivity contribution in [2.24, 2.45) is 7.05 Å². The van der Waals surface area contributed by atoms with Crippen LogP contribution in [0.5, 0.6) is 0 Å². The molecule has 0 spiro atoms. The van der Waals surface area contributed by atoms with Crippen LogP contribution in [0.15, 0.2) is 81.0 Å². The van der Waals surface area contributed by atoms with E-state index in [9.17, 15) is 9.59 Å². The molecule has 3 aromatic heterocycles. The van der Waals surface area contributed by atoms with Gasteiger partial charge in [0.05, 0.1) is 16.9 Å². The van der Waals surface area contributed by atoms with Crippen LogP contribution in [-0.4, -0.2) is 14.1 Å². The van der Waals surface area contributed by atoms with E-state index < -0.39 is 11.2 Å². The van der Waals surface area contributed by atoms with E-state index in [-0.39, 0.29) is 11.1 Å². The zero-order chi connectivity index (χ0) is 20.1. The highest BCUT2D eigenvalue weighted by atomic mass is 35.5. The molecule has 0 bridgehead atoms. The van der Waals surface area contributed by atoms with Crippen molar-refractivity contribution in [3.05, 3.63) is 92.9 Å². The number of hydrogen-bond donors (Lipinski definition) is 0. The van der Waals surface area contributed by atoms with Crippen LogP contribution in [0.2, 0.25) is 5.02 Å². The van der Waals surface area contributed by atoms with Gasteiger partial charge in [0.15, 0.2) is 0 Å². The predicted octanol–water partition coefficient (Wildman–Crippen LogP) is 4.15. The molecule has 0 atom stereocenters. The minimum atomic E-state index is -0.513. The lowest BCUT2D eigenvalue weighted by molar-refractivity contribution is 0.581. The largest absolute Gasteiger partial charge is 0.439 e. The Balaban J connectivity index is 1.86. The van der Waals surface area contributed by atoms with E-state index in [1.807, 2.05) is 36.4 Å². The number of aromatic nitrogens is 3. The number of rotatable bonds is 2. The molecule has 142 valence electrons. The van der Waals surface area contributed by atoms with Crippen LogP contribution in [0, 0.1) is 0 Å². The summed E-state index contributed by atoms with van der Waals surface area (Å²) >= 11 is 6.27. The lowest BCUT2D eigenvalue weighted by atomic mass is 10.1. The fourth-order valence-corrected chi connectivity index (χ4v) is 3.74. The molecule has 2 aromatic carbocycles. The third kappa shape index (κ3) is 2.61. The molecule has 0 aliphatic heterocycles. The standard InChI is InChI=1S/C22H14ClN3O3/c1-25-21-16(10-19(29-21)15-8-4-5-9-17(15)23)20(27)26(22(25)28)18-12-24-11-13-6-2-3-7-14(13)18/h2-12H,1H3. The van der Waals surface area contributed by atoms with Crippen molar-refractivity contribution < 1.29 is 4.42 Å². The molecule has 0 aliphatic carbocycles. The van der Waals surface area contributed by atoms with Gasteiger partial charge < -0.3 is 4.42 Å². The molecule has 6 nitrogen and oxygen atoms in total. The maximum atomic E-state index is 13.3. The Bertz CT molecular complexity index is 1520. The Morgan fingerprint density at radius 2 is 1.72 bits per heavy atom. The number of pyridine rings is 1. The van der Waals surface area contributed by atoms with Crippen molar-refractivity contribution in [1.82, 2.24) is 14.1 Å². The van der Waals surface area contributed by atoms with E-state index in [1.165, 1.54) is 10.8 Å². The molecule has 0 radical (unpaired) electrons. The second kappa shape index (κ2) is 6.46. The molecule has 29 heavy (non-hydrogen) atoms. The first kappa shape index (κ1) is 17.5.